The van der Waals surface area contributed by atoms with Crippen LogP contribution in [0, 0.1) is 5.41 Å². The number of carbonyl (C=O) groups is 2. The minimum Gasteiger partial charge on any atom is -0.469 e. The van der Waals surface area contributed by atoms with Crippen LogP contribution in [-0.2, 0) is 24.6 Å². The zero-order chi connectivity index (χ0) is 24.0. The first-order chi connectivity index (χ1) is 15.9. The molecule has 1 aliphatic rings. The third-order valence-electron chi connectivity index (χ3n) is 6.28. The Bertz CT molecular complexity index is 1080. The summed E-state index contributed by atoms with van der Waals surface area (Å²) in [7, 11) is 1.32. The largest absolute Gasteiger partial charge is 0.469 e. The maximum atomic E-state index is 11.7. The van der Waals surface area contributed by atoms with E-state index in [1.54, 1.807) is 0 Å². The number of hydrogen-bond donors (Lipinski definition) is 1. The van der Waals surface area contributed by atoms with Crippen molar-refractivity contribution in [2.75, 3.05) is 7.11 Å². The summed E-state index contributed by atoms with van der Waals surface area (Å²) in [4.78, 5) is 27.8. The predicted octanol–water partition coefficient (Wildman–Crippen LogP) is 5.79. The molecule has 1 aliphatic carbocycles. The van der Waals surface area contributed by atoms with Crippen LogP contribution >= 0.6 is 0 Å². The van der Waals surface area contributed by atoms with Gasteiger partial charge in [-0.15, -0.1) is 0 Å². The minimum atomic E-state index is -0.576. The molecule has 6 nitrogen and oxygen atoms in total. The highest BCUT2D eigenvalue weighted by molar-refractivity contribution is 6.47. The van der Waals surface area contributed by atoms with Gasteiger partial charge in [-0.3, -0.25) is 10.2 Å². The highest BCUT2D eigenvalue weighted by Gasteiger charge is 2.41. The number of fused-ring (bicyclic) bond motifs is 3. The summed E-state index contributed by atoms with van der Waals surface area (Å²) >= 11 is 0. The molecule has 0 amide bonds. The number of hydrogen-bond acceptors (Lipinski definition) is 6. The smallest absolute Gasteiger partial charge is 0.331 e. The number of nitrogens with zero attached hydrogens (tertiary/aromatic N) is 1. The third-order valence-corrected chi connectivity index (χ3v) is 6.28. The number of nitrogens with one attached hydrogen (secondary N) is 1. The molecule has 0 heterocycles. The van der Waals surface area contributed by atoms with E-state index in [1.807, 2.05) is 6.07 Å². The summed E-state index contributed by atoms with van der Waals surface area (Å²) in [5, 5.41) is 12.7. The Kier molecular flexibility index (Phi) is 7.79. The Morgan fingerprint density at radius 1 is 0.970 bits per heavy atom. The van der Waals surface area contributed by atoms with Gasteiger partial charge in [0, 0.05) is 24.3 Å². The number of esters is 1. The zero-order valence-corrected chi connectivity index (χ0v) is 19.9. The minimum absolute atomic E-state index is 0.0466. The van der Waals surface area contributed by atoms with Crippen molar-refractivity contribution < 1.29 is 19.2 Å². The van der Waals surface area contributed by atoms with Crippen LogP contribution in [0.25, 0.3) is 11.1 Å². The fourth-order valence-corrected chi connectivity index (χ4v) is 4.95. The van der Waals surface area contributed by atoms with Crippen LogP contribution < -0.4 is 0 Å². The lowest BCUT2D eigenvalue weighted by Crippen LogP contribution is -2.25. The molecule has 0 unspecified atom stereocenters. The van der Waals surface area contributed by atoms with Crippen LogP contribution in [0.3, 0.4) is 0 Å². The number of oxime groups is 1. The van der Waals surface area contributed by atoms with Gasteiger partial charge in [0.25, 0.3) is 0 Å². The molecule has 0 atom stereocenters. The van der Waals surface area contributed by atoms with E-state index in [9.17, 15) is 9.59 Å². The number of methoxy groups -OCH3 is 1. The summed E-state index contributed by atoms with van der Waals surface area (Å²) in [6.07, 6.45) is 4.34. The third kappa shape index (κ3) is 4.90. The van der Waals surface area contributed by atoms with E-state index in [4.69, 9.17) is 15.0 Å². The van der Waals surface area contributed by atoms with Gasteiger partial charge in [-0.25, -0.2) is 4.79 Å². The lowest BCUT2D eigenvalue weighted by molar-refractivity contribution is -0.141. The number of ether oxygens (including phenoxy) is 1. The highest BCUT2D eigenvalue weighted by Crippen LogP contribution is 2.53. The van der Waals surface area contributed by atoms with Crippen LogP contribution in [0.2, 0.25) is 0 Å². The topological polar surface area (TPSA) is 88.8 Å². The standard InChI is InChI=1S/C27H32N2O4/c1-5-15-27(16-6-2)22-10-8-7-9-20(22)21-12-11-19(17-23(21)27)26(28)24(29-33-18(3)30)13-14-25(31)32-4/h7-12,17,28H,5-6,13-16H2,1-4H3/b28-26?,29-24+. The monoisotopic (exact) mass is 448 g/mol. The fraction of sp³-hybridized carbons (Fsp3) is 0.407. The molecule has 0 fully saturated rings. The van der Waals surface area contributed by atoms with Crippen molar-refractivity contribution >= 4 is 23.4 Å². The lowest BCUT2D eigenvalue weighted by Gasteiger charge is -2.32. The first-order valence-corrected chi connectivity index (χ1v) is 11.5. The second-order valence-corrected chi connectivity index (χ2v) is 8.46. The summed E-state index contributed by atoms with van der Waals surface area (Å²) < 4.78 is 4.72. The van der Waals surface area contributed by atoms with Gasteiger partial charge in [-0.05, 0) is 41.2 Å². The molecule has 0 radical (unpaired) electrons. The van der Waals surface area contributed by atoms with E-state index in [0.29, 0.717) is 5.56 Å². The van der Waals surface area contributed by atoms with Crippen LogP contribution in [0.5, 0.6) is 0 Å². The van der Waals surface area contributed by atoms with E-state index in [-0.39, 0.29) is 29.7 Å². The Hall–Kier alpha value is -3.28. The average molecular weight is 449 g/mol. The predicted molar refractivity (Wildman–Crippen MR) is 130 cm³/mol. The van der Waals surface area contributed by atoms with Crippen molar-refractivity contribution in [1.82, 2.24) is 0 Å². The van der Waals surface area contributed by atoms with E-state index in [2.05, 4.69) is 55.4 Å². The van der Waals surface area contributed by atoms with Gasteiger partial charge in [0.2, 0.25) is 0 Å². The van der Waals surface area contributed by atoms with Crippen LogP contribution in [0.1, 0.15) is 76.0 Å². The molecule has 0 saturated carbocycles. The van der Waals surface area contributed by atoms with Crippen LogP contribution in [0.4, 0.5) is 0 Å². The van der Waals surface area contributed by atoms with E-state index < -0.39 is 11.9 Å². The van der Waals surface area contributed by atoms with Gasteiger partial charge < -0.3 is 9.57 Å². The Balaban J connectivity index is 2.06. The summed E-state index contributed by atoms with van der Waals surface area (Å²) in [6, 6.07) is 14.7. The maximum Gasteiger partial charge on any atom is 0.331 e. The normalized spacial score (nSPS) is 13.8. The van der Waals surface area contributed by atoms with Crippen molar-refractivity contribution in [3.8, 4) is 11.1 Å². The van der Waals surface area contributed by atoms with E-state index >= 15 is 0 Å². The summed E-state index contributed by atoms with van der Waals surface area (Å²) in [6.45, 7) is 5.67. The second kappa shape index (κ2) is 10.6. The molecule has 2 aromatic carbocycles. The molecular weight excluding hydrogens is 416 g/mol. The van der Waals surface area contributed by atoms with Crippen LogP contribution in [0.15, 0.2) is 47.6 Å². The van der Waals surface area contributed by atoms with Crippen molar-refractivity contribution in [1.29, 1.82) is 5.41 Å². The zero-order valence-electron chi connectivity index (χ0n) is 19.9. The Morgan fingerprint density at radius 2 is 1.64 bits per heavy atom. The molecule has 33 heavy (non-hydrogen) atoms. The molecule has 0 aromatic heterocycles. The van der Waals surface area contributed by atoms with E-state index in [0.717, 1.165) is 25.7 Å². The average Bonchev–Trinajstić information content (AvgIpc) is 3.08. The van der Waals surface area contributed by atoms with Gasteiger partial charge in [-0.2, -0.15) is 0 Å². The molecule has 2 aromatic rings. The summed E-state index contributed by atoms with van der Waals surface area (Å²) in [5.41, 5.74) is 6.02. The highest BCUT2D eigenvalue weighted by atomic mass is 16.7. The molecule has 0 aliphatic heterocycles. The molecule has 1 N–H and O–H groups in total. The SMILES string of the molecule is CCCC1(CCC)c2ccccc2-c2ccc(C(=N)/C(CCC(=O)OC)=N/OC(C)=O)cc21. The van der Waals surface area contributed by atoms with Crippen molar-refractivity contribution in [3.63, 3.8) is 0 Å². The molecule has 0 saturated heterocycles. The van der Waals surface area contributed by atoms with Crippen LogP contribution in [-0.4, -0.2) is 30.5 Å². The fourth-order valence-electron chi connectivity index (χ4n) is 4.95. The molecule has 174 valence electrons. The van der Waals surface area contributed by atoms with Gasteiger partial charge in [0.1, 0.15) is 5.71 Å². The van der Waals surface area contributed by atoms with Crippen molar-refractivity contribution in [2.24, 2.45) is 5.16 Å². The molecule has 6 heteroatoms. The van der Waals surface area contributed by atoms with Gasteiger partial charge in [0.15, 0.2) is 0 Å². The molecule has 0 bridgehead atoms. The number of benzene rings is 2. The molecule has 0 spiro atoms. The van der Waals surface area contributed by atoms with Crippen molar-refractivity contribution in [3.05, 3.63) is 59.2 Å². The first-order valence-electron chi connectivity index (χ1n) is 11.5. The maximum absolute atomic E-state index is 11.7. The number of rotatable bonds is 10. The van der Waals surface area contributed by atoms with Gasteiger partial charge in [0.05, 0.1) is 19.2 Å². The molecule has 3 rings (SSSR count). The molecular formula is C27H32N2O4. The number of carbonyl (C=O) groups excluding carboxylic acids is 2. The Morgan fingerprint density at radius 3 is 2.27 bits per heavy atom. The second-order valence-electron chi connectivity index (χ2n) is 8.46. The van der Waals surface area contributed by atoms with Gasteiger partial charge in [-0.1, -0.05) is 68.2 Å². The van der Waals surface area contributed by atoms with Gasteiger partial charge >= 0.3 is 11.9 Å². The van der Waals surface area contributed by atoms with E-state index in [1.165, 1.54) is 36.3 Å². The Labute approximate surface area is 195 Å². The quantitative estimate of drug-likeness (QED) is 0.215. The first kappa shape index (κ1) is 24.4. The summed E-state index contributed by atoms with van der Waals surface area (Å²) in [5.74, 6) is -0.986. The lowest BCUT2D eigenvalue weighted by atomic mass is 9.71. The van der Waals surface area contributed by atoms with Crippen molar-refractivity contribution in [2.45, 2.75) is 64.7 Å².